The first-order chi connectivity index (χ1) is 13.5. The zero-order valence-corrected chi connectivity index (χ0v) is 19.9. The topological polar surface area (TPSA) is 26.3 Å². The summed E-state index contributed by atoms with van der Waals surface area (Å²) >= 11 is 0. The van der Waals surface area contributed by atoms with Crippen LogP contribution in [0.2, 0.25) is 0 Å². The van der Waals surface area contributed by atoms with Crippen LogP contribution in [-0.2, 0) is 9.53 Å². The average Bonchev–Trinajstić information content (AvgIpc) is 2.66. The molecule has 0 aliphatic carbocycles. The third-order valence-electron chi connectivity index (χ3n) is 5.77. The number of ether oxygens (including phenoxy) is 1. The molecule has 28 heavy (non-hydrogen) atoms. The van der Waals surface area contributed by atoms with Gasteiger partial charge in [-0.1, -0.05) is 90.9 Å². The van der Waals surface area contributed by atoms with E-state index in [-0.39, 0.29) is 5.97 Å². The van der Waals surface area contributed by atoms with Crippen molar-refractivity contribution in [2.75, 3.05) is 33.8 Å². The van der Waals surface area contributed by atoms with Gasteiger partial charge in [0.05, 0.1) is 33.8 Å². The first-order valence-electron chi connectivity index (χ1n) is 12.5. The third kappa shape index (κ3) is 20.2. The van der Waals surface area contributed by atoms with Crippen molar-refractivity contribution in [3.8, 4) is 0 Å². The van der Waals surface area contributed by atoms with Crippen molar-refractivity contribution in [2.24, 2.45) is 0 Å². The van der Waals surface area contributed by atoms with Crippen LogP contribution in [0.1, 0.15) is 123 Å². The van der Waals surface area contributed by atoms with Gasteiger partial charge in [-0.25, -0.2) is 0 Å². The number of hydrogen-bond acceptors (Lipinski definition) is 2. The van der Waals surface area contributed by atoms with Gasteiger partial charge in [0.25, 0.3) is 0 Å². The van der Waals surface area contributed by atoms with E-state index in [9.17, 15) is 4.79 Å². The Morgan fingerprint density at radius 1 is 0.607 bits per heavy atom. The van der Waals surface area contributed by atoms with Crippen molar-refractivity contribution in [3.05, 3.63) is 0 Å². The number of nitrogens with zero attached hydrogens (tertiary/aromatic N) is 1. The summed E-state index contributed by atoms with van der Waals surface area (Å²) < 4.78 is 6.48. The molecule has 0 aromatic rings. The minimum Gasteiger partial charge on any atom is -0.465 e. The molecule has 0 fully saturated rings. The fourth-order valence-electron chi connectivity index (χ4n) is 3.76. The van der Waals surface area contributed by atoms with Crippen LogP contribution < -0.4 is 0 Å². The lowest BCUT2D eigenvalue weighted by Crippen LogP contribution is -2.41. The standard InChI is InChI=1S/C25H52NO2/c1-5-7-9-11-13-14-15-16-18-21-25(27)28-24-20-23-26(3,4)22-19-17-12-10-8-6-2/h5-24H2,1-4H3/q+1. The molecule has 0 saturated carbocycles. The second-order valence-corrected chi connectivity index (χ2v) is 9.30. The highest BCUT2D eigenvalue weighted by Gasteiger charge is 2.14. The van der Waals surface area contributed by atoms with E-state index in [4.69, 9.17) is 4.74 Å². The Labute approximate surface area is 177 Å². The van der Waals surface area contributed by atoms with Gasteiger partial charge in [0.15, 0.2) is 0 Å². The highest BCUT2D eigenvalue weighted by Crippen LogP contribution is 2.11. The first kappa shape index (κ1) is 27.4. The summed E-state index contributed by atoms with van der Waals surface area (Å²) in [5.41, 5.74) is 0. The maximum Gasteiger partial charge on any atom is 0.305 e. The van der Waals surface area contributed by atoms with Gasteiger partial charge in [-0.3, -0.25) is 4.79 Å². The molecule has 168 valence electrons. The monoisotopic (exact) mass is 398 g/mol. The van der Waals surface area contributed by atoms with E-state index >= 15 is 0 Å². The van der Waals surface area contributed by atoms with Crippen molar-refractivity contribution < 1.29 is 14.0 Å². The zero-order chi connectivity index (χ0) is 20.9. The molecular formula is C25H52NO2+. The van der Waals surface area contributed by atoms with Crippen LogP contribution in [0.4, 0.5) is 0 Å². The Morgan fingerprint density at radius 2 is 1.04 bits per heavy atom. The van der Waals surface area contributed by atoms with Gasteiger partial charge in [-0.05, 0) is 19.3 Å². The number of carbonyl (C=O) groups is 1. The molecule has 0 N–H and O–H groups in total. The molecule has 0 atom stereocenters. The molecule has 0 aromatic heterocycles. The Balaban J connectivity index is 3.45. The summed E-state index contributed by atoms with van der Waals surface area (Å²) in [6, 6.07) is 0. The zero-order valence-electron chi connectivity index (χ0n) is 19.9. The second kappa shape index (κ2) is 19.7. The molecule has 0 amide bonds. The molecule has 0 bridgehead atoms. The minimum absolute atomic E-state index is 0.00387. The van der Waals surface area contributed by atoms with Crippen molar-refractivity contribution in [2.45, 2.75) is 123 Å². The SMILES string of the molecule is CCCCCCCCCCCC(=O)OCCC[N+](C)(C)CCCCCCCC. The smallest absolute Gasteiger partial charge is 0.305 e. The molecule has 0 heterocycles. The molecule has 0 aliphatic heterocycles. The lowest BCUT2D eigenvalue weighted by Gasteiger charge is -2.29. The lowest BCUT2D eigenvalue weighted by molar-refractivity contribution is -0.890. The van der Waals surface area contributed by atoms with Gasteiger partial charge < -0.3 is 9.22 Å². The van der Waals surface area contributed by atoms with E-state index in [1.165, 1.54) is 96.4 Å². The van der Waals surface area contributed by atoms with E-state index in [2.05, 4.69) is 27.9 Å². The van der Waals surface area contributed by atoms with Crippen molar-refractivity contribution >= 4 is 5.97 Å². The maximum atomic E-state index is 11.8. The summed E-state index contributed by atoms with van der Waals surface area (Å²) in [5.74, 6) is 0.00387. The summed E-state index contributed by atoms with van der Waals surface area (Å²) in [5, 5.41) is 0. The van der Waals surface area contributed by atoms with Crippen LogP contribution in [-0.4, -0.2) is 44.2 Å². The van der Waals surface area contributed by atoms with Gasteiger partial charge in [-0.2, -0.15) is 0 Å². The van der Waals surface area contributed by atoms with E-state index in [1.54, 1.807) is 0 Å². The van der Waals surface area contributed by atoms with Crippen LogP contribution in [0.25, 0.3) is 0 Å². The van der Waals surface area contributed by atoms with Gasteiger partial charge in [0, 0.05) is 12.8 Å². The van der Waals surface area contributed by atoms with Gasteiger partial charge in [-0.15, -0.1) is 0 Å². The van der Waals surface area contributed by atoms with Crippen molar-refractivity contribution in [3.63, 3.8) is 0 Å². The highest BCUT2D eigenvalue weighted by atomic mass is 16.5. The predicted octanol–water partition coefficient (Wildman–Crippen LogP) is 7.28. The number of quaternary nitrogens is 1. The van der Waals surface area contributed by atoms with E-state index < -0.39 is 0 Å². The number of carbonyl (C=O) groups excluding carboxylic acids is 1. The molecule has 0 radical (unpaired) electrons. The molecule has 0 aliphatic rings. The quantitative estimate of drug-likeness (QED) is 0.115. The summed E-state index contributed by atoms with van der Waals surface area (Å²) in [6.45, 7) is 7.45. The van der Waals surface area contributed by atoms with Crippen molar-refractivity contribution in [1.82, 2.24) is 0 Å². The van der Waals surface area contributed by atoms with Crippen LogP contribution in [0.3, 0.4) is 0 Å². The van der Waals surface area contributed by atoms with E-state index in [0.717, 1.165) is 23.9 Å². The normalized spacial score (nSPS) is 11.7. The van der Waals surface area contributed by atoms with Gasteiger partial charge >= 0.3 is 5.97 Å². The fourth-order valence-corrected chi connectivity index (χ4v) is 3.76. The van der Waals surface area contributed by atoms with Crippen LogP contribution in [0.15, 0.2) is 0 Å². The number of hydrogen-bond donors (Lipinski definition) is 0. The number of rotatable bonds is 21. The predicted molar refractivity (Wildman–Crippen MR) is 123 cm³/mol. The first-order valence-corrected chi connectivity index (χ1v) is 12.5. The number of unbranched alkanes of at least 4 members (excludes halogenated alkanes) is 13. The Hall–Kier alpha value is -0.570. The Kier molecular flexibility index (Phi) is 19.3. The van der Waals surface area contributed by atoms with E-state index in [0.29, 0.717) is 13.0 Å². The molecule has 0 aromatic carbocycles. The average molecular weight is 399 g/mol. The van der Waals surface area contributed by atoms with Crippen LogP contribution in [0.5, 0.6) is 0 Å². The Morgan fingerprint density at radius 3 is 1.57 bits per heavy atom. The summed E-state index contributed by atoms with van der Waals surface area (Å²) in [4.78, 5) is 11.8. The molecule has 0 spiro atoms. The largest absolute Gasteiger partial charge is 0.465 e. The molecule has 0 unspecified atom stereocenters. The molecule has 0 rings (SSSR count). The molecule has 3 heteroatoms. The Bertz CT molecular complexity index is 341. The lowest BCUT2D eigenvalue weighted by atomic mass is 10.1. The second-order valence-electron chi connectivity index (χ2n) is 9.30. The molecule has 0 saturated heterocycles. The van der Waals surface area contributed by atoms with Crippen molar-refractivity contribution in [1.29, 1.82) is 0 Å². The summed E-state index contributed by atoms with van der Waals surface area (Å²) in [7, 11) is 4.60. The van der Waals surface area contributed by atoms with Gasteiger partial charge in [0.1, 0.15) is 0 Å². The van der Waals surface area contributed by atoms with Crippen LogP contribution in [0, 0.1) is 0 Å². The fraction of sp³-hybridized carbons (Fsp3) is 0.960. The van der Waals surface area contributed by atoms with Gasteiger partial charge in [0.2, 0.25) is 0 Å². The third-order valence-corrected chi connectivity index (χ3v) is 5.77. The maximum absolute atomic E-state index is 11.8. The number of esters is 1. The van der Waals surface area contributed by atoms with E-state index in [1.807, 2.05) is 0 Å². The van der Waals surface area contributed by atoms with Crippen LogP contribution >= 0.6 is 0 Å². The minimum atomic E-state index is 0.00387. The summed E-state index contributed by atoms with van der Waals surface area (Å²) in [6.07, 6.45) is 21.3. The molecule has 3 nitrogen and oxygen atoms in total. The highest BCUT2D eigenvalue weighted by molar-refractivity contribution is 5.69. The molecular weight excluding hydrogens is 346 g/mol.